The molecule has 1 N–H and O–H groups in total. The summed E-state index contributed by atoms with van der Waals surface area (Å²) in [6.45, 7) is 3.22. The van der Waals surface area contributed by atoms with Crippen molar-refractivity contribution in [1.29, 1.82) is 0 Å². The normalized spacial score (nSPS) is 15.7. The van der Waals surface area contributed by atoms with Crippen molar-refractivity contribution in [3.63, 3.8) is 0 Å². The predicted molar refractivity (Wildman–Crippen MR) is 102 cm³/mol. The molecule has 1 fully saturated rings. The van der Waals surface area contributed by atoms with Crippen LogP contribution in [0.1, 0.15) is 24.2 Å². The smallest absolute Gasteiger partial charge is 0.150 e. The van der Waals surface area contributed by atoms with E-state index >= 15 is 0 Å². The molecule has 0 radical (unpaired) electrons. The molecule has 27 heavy (non-hydrogen) atoms. The minimum absolute atomic E-state index is 0.667. The van der Waals surface area contributed by atoms with Gasteiger partial charge >= 0.3 is 0 Å². The molecule has 4 heterocycles. The molecule has 3 aromatic rings. The highest BCUT2D eigenvalue weighted by molar-refractivity contribution is 5.48. The van der Waals surface area contributed by atoms with Gasteiger partial charge in [0.05, 0.1) is 30.0 Å². The van der Waals surface area contributed by atoms with Gasteiger partial charge in [0.2, 0.25) is 0 Å². The van der Waals surface area contributed by atoms with Crippen LogP contribution in [-0.4, -0.2) is 47.7 Å². The zero-order valence-corrected chi connectivity index (χ0v) is 15.5. The van der Waals surface area contributed by atoms with Gasteiger partial charge < -0.3 is 5.32 Å². The molecule has 0 spiro atoms. The summed E-state index contributed by atoms with van der Waals surface area (Å²) >= 11 is 0. The second kappa shape index (κ2) is 8.22. The summed E-state index contributed by atoms with van der Waals surface area (Å²) in [4.78, 5) is 19.7. The lowest BCUT2D eigenvalue weighted by Crippen LogP contribution is -2.34. The molecular formula is C19H24N8. The lowest BCUT2D eigenvalue weighted by atomic mass is 9.92. The second-order valence-corrected chi connectivity index (χ2v) is 6.98. The molecule has 1 aliphatic heterocycles. The lowest BCUT2D eigenvalue weighted by molar-refractivity contribution is 0.173. The molecular weight excluding hydrogens is 340 g/mol. The summed E-state index contributed by atoms with van der Waals surface area (Å²) < 4.78 is 1.96. The highest BCUT2D eigenvalue weighted by Gasteiger charge is 2.20. The Balaban J connectivity index is 1.26. The molecule has 0 aliphatic carbocycles. The highest BCUT2D eigenvalue weighted by Crippen LogP contribution is 2.22. The number of aryl methyl sites for hydroxylation is 1. The van der Waals surface area contributed by atoms with Gasteiger partial charge in [-0.2, -0.15) is 5.10 Å². The van der Waals surface area contributed by atoms with Crippen LogP contribution in [-0.2, 0) is 20.0 Å². The van der Waals surface area contributed by atoms with Crippen molar-refractivity contribution < 1.29 is 0 Å². The summed E-state index contributed by atoms with van der Waals surface area (Å²) in [6.07, 6.45) is 13.8. The topological polar surface area (TPSA) is 84.7 Å². The number of hydrogen-bond donors (Lipinski definition) is 1. The van der Waals surface area contributed by atoms with E-state index in [4.69, 9.17) is 0 Å². The first-order valence-electron chi connectivity index (χ1n) is 9.29. The van der Waals surface area contributed by atoms with Crippen molar-refractivity contribution in [2.45, 2.75) is 25.8 Å². The zero-order valence-electron chi connectivity index (χ0n) is 15.5. The number of piperidine rings is 1. The molecule has 0 aromatic carbocycles. The third kappa shape index (κ3) is 4.65. The lowest BCUT2D eigenvalue weighted by Gasteiger charge is -2.31. The number of nitrogens with zero attached hydrogens (tertiary/aromatic N) is 7. The minimum atomic E-state index is 0.667. The Labute approximate surface area is 158 Å². The Hall–Kier alpha value is -2.87. The van der Waals surface area contributed by atoms with Crippen LogP contribution in [0.25, 0.3) is 0 Å². The third-order valence-corrected chi connectivity index (χ3v) is 5.04. The molecule has 0 bridgehead atoms. The Morgan fingerprint density at radius 2 is 1.85 bits per heavy atom. The highest BCUT2D eigenvalue weighted by atomic mass is 15.3. The maximum atomic E-state index is 4.56. The standard InChI is InChI=1S/C19H24N8/c1-26-17(2-5-24-26)14-27-8-3-15(4-9-27)10-16-11-23-19(13-22-16)25-18-12-20-6-7-21-18/h2,5-7,11-13,15H,3-4,8-10,14H2,1H3,(H,21,23,25). The van der Waals surface area contributed by atoms with E-state index < -0.39 is 0 Å². The molecule has 1 aliphatic rings. The van der Waals surface area contributed by atoms with E-state index in [1.54, 1.807) is 24.8 Å². The summed E-state index contributed by atoms with van der Waals surface area (Å²) in [6, 6.07) is 2.10. The maximum absolute atomic E-state index is 4.56. The van der Waals surface area contributed by atoms with E-state index in [0.717, 1.165) is 31.7 Å². The molecule has 0 amide bonds. The first-order chi connectivity index (χ1) is 13.3. The number of aromatic nitrogens is 6. The zero-order chi connectivity index (χ0) is 18.5. The van der Waals surface area contributed by atoms with E-state index in [2.05, 4.69) is 41.3 Å². The fraction of sp³-hybridized carbons (Fsp3) is 0.421. The summed E-state index contributed by atoms with van der Waals surface area (Å²) in [5, 5.41) is 7.35. The Morgan fingerprint density at radius 1 is 1.00 bits per heavy atom. The molecule has 140 valence electrons. The van der Waals surface area contributed by atoms with Crippen molar-refractivity contribution >= 4 is 11.6 Å². The number of nitrogens with one attached hydrogen (secondary N) is 1. The largest absolute Gasteiger partial charge is 0.322 e. The summed E-state index contributed by atoms with van der Waals surface area (Å²) in [5.74, 6) is 2.02. The van der Waals surface area contributed by atoms with Crippen molar-refractivity contribution in [1.82, 2.24) is 34.6 Å². The summed E-state index contributed by atoms with van der Waals surface area (Å²) in [5.41, 5.74) is 2.32. The molecule has 8 heteroatoms. The van der Waals surface area contributed by atoms with Crippen LogP contribution in [0.4, 0.5) is 11.6 Å². The SMILES string of the molecule is Cn1nccc1CN1CCC(Cc2cnc(Nc3cnccn3)cn2)CC1. The Bertz CT molecular complexity index is 838. The number of likely N-dealkylation sites (tertiary alicyclic amines) is 1. The quantitative estimate of drug-likeness (QED) is 0.718. The van der Waals surface area contributed by atoms with Gasteiger partial charge in [-0.3, -0.25) is 19.5 Å². The van der Waals surface area contributed by atoms with Crippen LogP contribution in [0.2, 0.25) is 0 Å². The van der Waals surface area contributed by atoms with Gasteiger partial charge in [0.15, 0.2) is 0 Å². The van der Waals surface area contributed by atoms with Crippen molar-refractivity contribution in [2.24, 2.45) is 13.0 Å². The van der Waals surface area contributed by atoms with Crippen LogP contribution in [0, 0.1) is 5.92 Å². The number of anilines is 2. The molecule has 1 saturated heterocycles. The van der Waals surface area contributed by atoms with Crippen molar-refractivity contribution in [3.05, 3.63) is 54.6 Å². The Kier molecular flexibility index (Phi) is 5.34. The van der Waals surface area contributed by atoms with Gasteiger partial charge in [-0.05, 0) is 44.3 Å². The summed E-state index contributed by atoms with van der Waals surface area (Å²) in [7, 11) is 2.00. The number of hydrogen-bond acceptors (Lipinski definition) is 7. The number of rotatable bonds is 6. The molecule has 0 saturated carbocycles. The molecule has 0 unspecified atom stereocenters. The first kappa shape index (κ1) is 17.5. The van der Waals surface area contributed by atoms with E-state index in [1.807, 2.05) is 24.1 Å². The van der Waals surface area contributed by atoms with Gasteiger partial charge in [-0.25, -0.2) is 9.97 Å². The molecule has 8 nitrogen and oxygen atoms in total. The van der Waals surface area contributed by atoms with Crippen LogP contribution in [0.15, 0.2) is 43.2 Å². The maximum Gasteiger partial charge on any atom is 0.150 e. The van der Waals surface area contributed by atoms with E-state index in [9.17, 15) is 0 Å². The fourth-order valence-electron chi connectivity index (χ4n) is 3.45. The van der Waals surface area contributed by atoms with Crippen LogP contribution in [0.3, 0.4) is 0 Å². The minimum Gasteiger partial charge on any atom is -0.322 e. The van der Waals surface area contributed by atoms with Crippen LogP contribution < -0.4 is 5.32 Å². The van der Waals surface area contributed by atoms with Gasteiger partial charge in [0, 0.05) is 32.2 Å². The molecule has 3 aromatic heterocycles. The second-order valence-electron chi connectivity index (χ2n) is 6.98. The monoisotopic (exact) mass is 364 g/mol. The van der Waals surface area contributed by atoms with E-state index in [1.165, 1.54) is 18.5 Å². The van der Waals surface area contributed by atoms with Gasteiger partial charge in [0.1, 0.15) is 11.6 Å². The van der Waals surface area contributed by atoms with Crippen LogP contribution >= 0.6 is 0 Å². The average molecular weight is 364 g/mol. The first-order valence-corrected chi connectivity index (χ1v) is 9.29. The van der Waals surface area contributed by atoms with E-state index in [-0.39, 0.29) is 0 Å². The van der Waals surface area contributed by atoms with Crippen molar-refractivity contribution in [2.75, 3.05) is 18.4 Å². The van der Waals surface area contributed by atoms with Gasteiger partial charge in [-0.15, -0.1) is 0 Å². The van der Waals surface area contributed by atoms with Crippen LogP contribution in [0.5, 0.6) is 0 Å². The average Bonchev–Trinajstić information content (AvgIpc) is 3.10. The fourth-order valence-corrected chi connectivity index (χ4v) is 3.45. The van der Waals surface area contributed by atoms with E-state index in [0.29, 0.717) is 17.6 Å². The van der Waals surface area contributed by atoms with Crippen molar-refractivity contribution in [3.8, 4) is 0 Å². The molecule has 4 rings (SSSR count). The third-order valence-electron chi connectivity index (χ3n) is 5.04. The predicted octanol–water partition coefficient (Wildman–Crippen LogP) is 2.20. The van der Waals surface area contributed by atoms with Gasteiger partial charge in [-0.1, -0.05) is 0 Å². The molecule has 0 atom stereocenters. The van der Waals surface area contributed by atoms with Gasteiger partial charge in [0.25, 0.3) is 0 Å². The Morgan fingerprint density at radius 3 is 2.52 bits per heavy atom.